The highest BCUT2D eigenvalue weighted by molar-refractivity contribution is 6.00. The van der Waals surface area contributed by atoms with Gasteiger partial charge in [-0.05, 0) is 37.5 Å². The van der Waals surface area contributed by atoms with Crippen LogP contribution in [0.25, 0.3) is 5.52 Å². The normalized spacial score (nSPS) is 23.2. The second-order valence-corrected chi connectivity index (χ2v) is 6.01. The van der Waals surface area contributed by atoms with E-state index >= 15 is 0 Å². The van der Waals surface area contributed by atoms with Crippen molar-refractivity contribution in [2.75, 3.05) is 7.11 Å². The molecular formula is C17H23N3O2. The lowest BCUT2D eigenvalue weighted by atomic mass is 9.58. The van der Waals surface area contributed by atoms with Gasteiger partial charge in [0.15, 0.2) is 0 Å². The van der Waals surface area contributed by atoms with Crippen LogP contribution < -0.4 is 5.32 Å². The number of methoxy groups -OCH3 is 1. The number of amides is 1. The monoisotopic (exact) mass is 301 g/mol. The molecule has 2 heterocycles. The summed E-state index contributed by atoms with van der Waals surface area (Å²) in [6.45, 7) is 4.34. The topological polar surface area (TPSA) is 55.6 Å². The Morgan fingerprint density at radius 1 is 1.45 bits per heavy atom. The summed E-state index contributed by atoms with van der Waals surface area (Å²) >= 11 is 0. The first kappa shape index (κ1) is 15.0. The molecule has 1 amide bonds. The smallest absolute Gasteiger partial charge is 0.253 e. The minimum atomic E-state index is -0.0306. The zero-order valence-corrected chi connectivity index (χ0v) is 13.4. The van der Waals surface area contributed by atoms with E-state index in [2.05, 4.69) is 24.3 Å². The molecule has 118 valence electrons. The van der Waals surface area contributed by atoms with Gasteiger partial charge in [0.1, 0.15) is 0 Å². The van der Waals surface area contributed by atoms with Crippen LogP contribution >= 0.6 is 0 Å². The molecule has 2 aromatic heterocycles. The molecule has 0 radical (unpaired) electrons. The standard InChI is InChI=1S/C17H23N3O2/c1-4-17(5-2)14(11-15(17)22-3)19-16(21)12-7-6-10-20-13(12)8-9-18-20/h6-10,14-15H,4-5,11H2,1-3H3,(H,19,21). The van der Waals surface area contributed by atoms with Gasteiger partial charge in [-0.2, -0.15) is 5.10 Å². The summed E-state index contributed by atoms with van der Waals surface area (Å²) in [5.74, 6) is -0.0306. The summed E-state index contributed by atoms with van der Waals surface area (Å²) in [7, 11) is 1.76. The number of aromatic nitrogens is 2. The van der Waals surface area contributed by atoms with Crippen molar-refractivity contribution < 1.29 is 9.53 Å². The van der Waals surface area contributed by atoms with Crippen LogP contribution in [0.1, 0.15) is 43.5 Å². The zero-order chi connectivity index (χ0) is 15.7. The summed E-state index contributed by atoms with van der Waals surface area (Å²) in [6, 6.07) is 5.72. The molecule has 0 saturated heterocycles. The lowest BCUT2D eigenvalue weighted by Gasteiger charge is -2.55. The molecule has 5 heteroatoms. The minimum Gasteiger partial charge on any atom is -0.381 e. The predicted octanol–water partition coefficient (Wildman–Crippen LogP) is 2.66. The first-order valence-corrected chi connectivity index (χ1v) is 7.92. The number of hydrogen-bond donors (Lipinski definition) is 1. The number of ether oxygens (including phenoxy) is 1. The van der Waals surface area contributed by atoms with E-state index in [-0.39, 0.29) is 23.5 Å². The Bertz CT molecular complexity index is 675. The number of fused-ring (bicyclic) bond motifs is 1. The number of nitrogens with zero attached hydrogens (tertiary/aromatic N) is 2. The molecule has 3 rings (SSSR count). The van der Waals surface area contributed by atoms with Gasteiger partial charge in [0.2, 0.25) is 0 Å². The number of carbonyl (C=O) groups excluding carboxylic acids is 1. The quantitative estimate of drug-likeness (QED) is 0.923. The average Bonchev–Trinajstić information content (AvgIpc) is 3.00. The minimum absolute atomic E-state index is 0.0306. The van der Waals surface area contributed by atoms with Gasteiger partial charge < -0.3 is 10.1 Å². The summed E-state index contributed by atoms with van der Waals surface area (Å²) in [4.78, 5) is 12.7. The SMILES string of the molecule is CCC1(CC)C(NC(=O)c2cccn3nccc23)CC1OC. The lowest BCUT2D eigenvalue weighted by molar-refractivity contribution is -0.120. The molecule has 1 fully saturated rings. The van der Waals surface area contributed by atoms with Crippen LogP contribution in [0.2, 0.25) is 0 Å². The van der Waals surface area contributed by atoms with Crippen molar-refractivity contribution in [2.45, 2.75) is 45.3 Å². The Kier molecular flexibility index (Phi) is 3.91. The Labute approximate surface area is 130 Å². The Morgan fingerprint density at radius 2 is 2.23 bits per heavy atom. The largest absolute Gasteiger partial charge is 0.381 e. The maximum absolute atomic E-state index is 12.7. The van der Waals surface area contributed by atoms with Gasteiger partial charge in [0.25, 0.3) is 5.91 Å². The third-order valence-corrected chi connectivity index (χ3v) is 5.37. The van der Waals surface area contributed by atoms with E-state index in [0.29, 0.717) is 5.56 Å². The van der Waals surface area contributed by atoms with Crippen molar-refractivity contribution in [1.82, 2.24) is 14.9 Å². The van der Waals surface area contributed by atoms with Gasteiger partial charge >= 0.3 is 0 Å². The van der Waals surface area contributed by atoms with E-state index < -0.39 is 0 Å². The van der Waals surface area contributed by atoms with E-state index in [1.807, 2.05) is 24.4 Å². The molecular weight excluding hydrogens is 278 g/mol. The van der Waals surface area contributed by atoms with Crippen molar-refractivity contribution in [3.8, 4) is 0 Å². The Hall–Kier alpha value is -1.88. The molecule has 1 saturated carbocycles. The van der Waals surface area contributed by atoms with E-state index in [1.54, 1.807) is 17.8 Å². The summed E-state index contributed by atoms with van der Waals surface area (Å²) in [5, 5.41) is 7.39. The van der Waals surface area contributed by atoms with Gasteiger partial charge in [0, 0.05) is 24.8 Å². The first-order valence-electron chi connectivity index (χ1n) is 7.92. The number of nitrogens with one attached hydrogen (secondary N) is 1. The molecule has 22 heavy (non-hydrogen) atoms. The van der Waals surface area contributed by atoms with Crippen molar-refractivity contribution in [2.24, 2.45) is 5.41 Å². The molecule has 0 aliphatic heterocycles. The zero-order valence-electron chi connectivity index (χ0n) is 13.4. The molecule has 1 aliphatic rings. The second kappa shape index (κ2) is 5.72. The number of carbonyl (C=O) groups is 1. The third-order valence-electron chi connectivity index (χ3n) is 5.37. The predicted molar refractivity (Wildman–Crippen MR) is 84.9 cm³/mol. The molecule has 5 nitrogen and oxygen atoms in total. The maximum Gasteiger partial charge on any atom is 0.253 e. The number of rotatable bonds is 5. The van der Waals surface area contributed by atoms with Gasteiger partial charge in [-0.15, -0.1) is 0 Å². The van der Waals surface area contributed by atoms with Gasteiger partial charge in [-0.25, -0.2) is 4.52 Å². The van der Waals surface area contributed by atoms with Gasteiger partial charge in [-0.3, -0.25) is 4.79 Å². The second-order valence-electron chi connectivity index (χ2n) is 6.01. The van der Waals surface area contributed by atoms with Gasteiger partial charge in [0.05, 0.1) is 23.4 Å². The van der Waals surface area contributed by atoms with Crippen LogP contribution in [0.4, 0.5) is 0 Å². The summed E-state index contributed by atoms with van der Waals surface area (Å²) in [5.41, 5.74) is 1.55. The van der Waals surface area contributed by atoms with Crippen LogP contribution in [0.15, 0.2) is 30.6 Å². The molecule has 0 bridgehead atoms. The molecule has 1 N–H and O–H groups in total. The van der Waals surface area contributed by atoms with E-state index in [0.717, 1.165) is 24.8 Å². The van der Waals surface area contributed by atoms with E-state index in [1.165, 1.54) is 0 Å². The highest BCUT2D eigenvalue weighted by atomic mass is 16.5. The highest BCUT2D eigenvalue weighted by Gasteiger charge is 2.53. The maximum atomic E-state index is 12.7. The van der Waals surface area contributed by atoms with Crippen molar-refractivity contribution in [3.63, 3.8) is 0 Å². The molecule has 2 atom stereocenters. The van der Waals surface area contributed by atoms with Crippen molar-refractivity contribution in [1.29, 1.82) is 0 Å². The van der Waals surface area contributed by atoms with Crippen LogP contribution in [-0.4, -0.2) is 34.8 Å². The molecule has 0 aromatic carbocycles. The van der Waals surface area contributed by atoms with Crippen LogP contribution in [0, 0.1) is 5.41 Å². The fraction of sp³-hybridized carbons (Fsp3) is 0.529. The highest BCUT2D eigenvalue weighted by Crippen LogP contribution is 2.48. The number of hydrogen-bond acceptors (Lipinski definition) is 3. The average molecular weight is 301 g/mol. The van der Waals surface area contributed by atoms with Crippen LogP contribution in [0.3, 0.4) is 0 Å². The summed E-state index contributed by atoms with van der Waals surface area (Å²) < 4.78 is 7.32. The molecule has 0 spiro atoms. The van der Waals surface area contributed by atoms with Crippen LogP contribution in [0.5, 0.6) is 0 Å². The molecule has 2 aromatic rings. The fourth-order valence-electron chi connectivity index (χ4n) is 3.86. The molecule has 1 aliphatic carbocycles. The lowest BCUT2D eigenvalue weighted by Crippen LogP contribution is -2.64. The summed E-state index contributed by atoms with van der Waals surface area (Å²) in [6.07, 6.45) is 6.68. The van der Waals surface area contributed by atoms with Gasteiger partial charge in [-0.1, -0.05) is 13.8 Å². The van der Waals surface area contributed by atoms with E-state index in [4.69, 9.17) is 4.74 Å². The van der Waals surface area contributed by atoms with E-state index in [9.17, 15) is 4.79 Å². The molecule has 2 unspecified atom stereocenters. The van der Waals surface area contributed by atoms with Crippen molar-refractivity contribution in [3.05, 3.63) is 36.2 Å². The van der Waals surface area contributed by atoms with Crippen LogP contribution in [-0.2, 0) is 4.74 Å². The first-order chi connectivity index (χ1) is 10.7. The Morgan fingerprint density at radius 3 is 2.91 bits per heavy atom. The van der Waals surface area contributed by atoms with Crippen molar-refractivity contribution >= 4 is 11.4 Å². The fourth-order valence-corrected chi connectivity index (χ4v) is 3.86. The third kappa shape index (κ3) is 2.11. The number of pyridine rings is 1. The Balaban J connectivity index is 1.82.